The Kier molecular flexibility index (Phi) is 4.94. The van der Waals surface area contributed by atoms with Crippen LogP contribution in [0.15, 0.2) is 60.7 Å². The van der Waals surface area contributed by atoms with Gasteiger partial charge in [-0.2, -0.15) is 0 Å². The minimum atomic E-state index is -0.388. The van der Waals surface area contributed by atoms with E-state index in [2.05, 4.69) is 20.8 Å². The van der Waals surface area contributed by atoms with Crippen molar-refractivity contribution in [3.8, 4) is 0 Å². The number of anilines is 3. The highest BCUT2D eigenvalue weighted by molar-refractivity contribution is 5.91. The molecule has 0 spiro atoms. The second-order valence-corrected chi connectivity index (χ2v) is 5.29. The third-order valence-electron chi connectivity index (χ3n) is 3.30. The largest absolute Gasteiger partial charge is 0.339 e. The summed E-state index contributed by atoms with van der Waals surface area (Å²) in [5, 5.41) is 13.4. The van der Waals surface area contributed by atoms with Gasteiger partial charge in [-0.1, -0.05) is 12.1 Å². The third-order valence-corrected chi connectivity index (χ3v) is 3.30. The van der Waals surface area contributed by atoms with Crippen molar-refractivity contribution in [1.29, 1.82) is 0 Å². The van der Waals surface area contributed by atoms with Gasteiger partial charge in [0, 0.05) is 5.69 Å². The van der Waals surface area contributed by atoms with Gasteiger partial charge >= 0.3 is 0 Å². The quantitative estimate of drug-likeness (QED) is 0.743. The Balaban J connectivity index is 1.58. The minimum absolute atomic E-state index is 0.0367. The summed E-state index contributed by atoms with van der Waals surface area (Å²) in [5.41, 5.74) is 1.23. The van der Waals surface area contributed by atoms with E-state index in [1.54, 1.807) is 36.4 Å². The molecule has 0 atom stereocenters. The molecule has 0 saturated heterocycles. The van der Waals surface area contributed by atoms with Crippen molar-refractivity contribution in [2.45, 2.75) is 6.42 Å². The van der Waals surface area contributed by atoms with Gasteiger partial charge in [-0.05, 0) is 54.1 Å². The van der Waals surface area contributed by atoms with Gasteiger partial charge in [0.15, 0.2) is 11.6 Å². The van der Waals surface area contributed by atoms with Crippen molar-refractivity contribution in [2.24, 2.45) is 0 Å². The summed E-state index contributed by atoms with van der Waals surface area (Å²) in [6.07, 6.45) is 0.0367. The molecule has 3 rings (SSSR count). The first-order chi connectivity index (χ1) is 12.1. The molecule has 0 aliphatic rings. The van der Waals surface area contributed by atoms with E-state index in [9.17, 15) is 13.6 Å². The molecule has 1 amide bonds. The van der Waals surface area contributed by atoms with Gasteiger partial charge in [-0.3, -0.25) is 4.79 Å². The van der Waals surface area contributed by atoms with Crippen molar-refractivity contribution < 1.29 is 13.6 Å². The predicted molar refractivity (Wildman–Crippen MR) is 90.4 cm³/mol. The molecule has 2 aromatic carbocycles. The number of hydrogen-bond acceptors (Lipinski definition) is 4. The first kappa shape index (κ1) is 16.5. The molecule has 1 aromatic heterocycles. The number of amides is 1. The standard InChI is InChI=1S/C18H14F2N4O/c19-13-4-6-15(7-5-13)21-16-8-9-17(24-23-16)22-18(25)11-12-2-1-3-14(20)10-12/h1-10H,11H2,(H,21,23)(H,22,24,25). The number of carbonyl (C=O) groups is 1. The van der Waals surface area contributed by atoms with Crippen LogP contribution in [0.25, 0.3) is 0 Å². The van der Waals surface area contributed by atoms with Crippen LogP contribution in [0.4, 0.5) is 26.1 Å². The molecule has 5 nitrogen and oxygen atoms in total. The summed E-state index contributed by atoms with van der Waals surface area (Å²) in [4.78, 5) is 11.9. The van der Waals surface area contributed by atoms with Crippen LogP contribution in [0, 0.1) is 11.6 Å². The lowest BCUT2D eigenvalue weighted by Crippen LogP contribution is -2.15. The summed E-state index contributed by atoms with van der Waals surface area (Å²) in [5.74, 6) is -0.297. The van der Waals surface area contributed by atoms with Gasteiger partial charge in [-0.25, -0.2) is 8.78 Å². The molecule has 3 aromatic rings. The zero-order valence-corrected chi connectivity index (χ0v) is 13.0. The zero-order valence-electron chi connectivity index (χ0n) is 13.0. The predicted octanol–water partition coefficient (Wildman–Crippen LogP) is 3.68. The lowest BCUT2D eigenvalue weighted by molar-refractivity contribution is -0.115. The SMILES string of the molecule is O=C(Cc1cccc(F)c1)Nc1ccc(Nc2ccc(F)cc2)nn1. The normalized spacial score (nSPS) is 10.3. The Hall–Kier alpha value is -3.35. The van der Waals surface area contributed by atoms with E-state index < -0.39 is 0 Å². The van der Waals surface area contributed by atoms with Crippen LogP contribution in [0.5, 0.6) is 0 Å². The van der Waals surface area contributed by atoms with Gasteiger partial charge < -0.3 is 10.6 Å². The Bertz CT molecular complexity index is 867. The van der Waals surface area contributed by atoms with Gasteiger partial charge in [0.25, 0.3) is 0 Å². The number of nitrogens with zero attached hydrogens (tertiary/aromatic N) is 2. The lowest BCUT2D eigenvalue weighted by Gasteiger charge is -2.07. The number of aromatic nitrogens is 2. The van der Waals surface area contributed by atoms with Crippen LogP contribution in [-0.2, 0) is 11.2 Å². The van der Waals surface area contributed by atoms with Gasteiger partial charge in [0.2, 0.25) is 5.91 Å². The number of carbonyl (C=O) groups excluding carboxylic acids is 1. The van der Waals surface area contributed by atoms with E-state index in [0.29, 0.717) is 17.1 Å². The molecule has 2 N–H and O–H groups in total. The van der Waals surface area contributed by atoms with E-state index in [4.69, 9.17) is 0 Å². The first-order valence-electron chi connectivity index (χ1n) is 7.49. The van der Waals surface area contributed by atoms with Crippen LogP contribution in [0.1, 0.15) is 5.56 Å². The molecule has 0 unspecified atom stereocenters. The van der Waals surface area contributed by atoms with Crippen LogP contribution < -0.4 is 10.6 Å². The van der Waals surface area contributed by atoms with E-state index in [-0.39, 0.29) is 29.8 Å². The number of halogens is 2. The van der Waals surface area contributed by atoms with Gasteiger partial charge in [0.05, 0.1) is 6.42 Å². The highest BCUT2D eigenvalue weighted by Crippen LogP contribution is 2.15. The Labute approximate surface area is 142 Å². The maximum Gasteiger partial charge on any atom is 0.229 e. The van der Waals surface area contributed by atoms with Crippen molar-refractivity contribution in [3.05, 3.63) is 77.9 Å². The Morgan fingerprint density at radius 1 is 0.880 bits per heavy atom. The van der Waals surface area contributed by atoms with Crippen LogP contribution >= 0.6 is 0 Å². The maximum absolute atomic E-state index is 13.1. The van der Waals surface area contributed by atoms with Crippen LogP contribution in [0.2, 0.25) is 0 Å². The fraction of sp³-hybridized carbons (Fsp3) is 0.0556. The molecule has 0 radical (unpaired) electrons. The van der Waals surface area contributed by atoms with E-state index in [1.165, 1.54) is 24.3 Å². The van der Waals surface area contributed by atoms with E-state index >= 15 is 0 Å². The molecule has 7 heteroatoms. The summed E-state index contributed by atoms with van der Waals surface area (Å²) >= 11 is 0. The van der Waals surface area contributed by atoms with E-state index in [1.807, 2.05) is 0 Å². The molecule has 0 bridgehead atoms. The van der Waals surface area contributed by atoms with Crippen molar-refractivity contribution >= 4 is 23.2 Å². The average Bonchev–Trinajstić information content (AvgIpc) is 2.59. The summed E-state index contributed by atoms with van der Waals surface area (Å²) in [6, 6.07) is 14.9. The molecular formula is C18H14F2N4O. The van der Waals surface area contributed by atoms with Crippen molar-refractivity contribution in [2.75, 3.05) is 10.6 Å². The minimum Gasteiger partial charge on any atom is -0.339 e. The maximum atomic E-state index is 13.1. The fourth-order valence-corrected chi connectivity index (χ4v) is 2.17. The molecule has 0 fully saturated rings. The van der Waals surface area contributed by atoms with Crippen LogP contribution in [0.3, 0.4) is 0 Å². The number of nitrogens with one attached hydrogen (secondary N) is 2. The monoisotopic (exact) mass is 340 g/mol. The number of benzene rings is 2. The molecule has 126 valence electrons. The summed E-state index contributed by atoms with van der Waals surface area (Å²) < 4.78 is 26.0. The molecule has 1 heterocycles. The highest BCUT2D eigenvalue weighted by atomic mass is 19.1. The second-order valence-electron chi connectivity index (χ2n) is 5.29. The molecule has 0 saturated carbocycles. The van der Waals surface area contributed by atoms with Crippen molar-refractivity contribution in [3.63, 3.8) is 0 Å². The first-order valence-corrected chi connectivity index (χ1v) is 7.49. The average molecular weight is 340 g/mol. The highest BCUT2D eigenvalue weighted by Gasteiger charge is 2.06. The number of hydrogen-bond donors (Lipinski definition) is 2. The summed E-state index contributed by atoms with van der Waals surface area (Å²) in [6.45, 7) is 0. The van der Waals surface area contributed by atoms with Gasteiger partial charge in [-0.15, -0.1) is 10.2 Å². The van der Waals surface area contributed by atoms with E-state index in [0.717, 1.165) is 0 Å². The third kappa shape index (κ3) is 4.81. The molecule has 0 aliphatic carbocycles. The van der Waals surface area contributed by atoms with Gasteiger partial charge in [0.1, 0.15) is 11.6 Å². The zero-order chi connectivity index (χ0) is 17.6. The Morgan fingerprint density at radius 2 is 1.60 bits per heavy atom. The Morgan fingerprint density at radius 3 is 2.28 bits per heavy atom. The van der Waals surface area contributed by atoms with Crippen LogP contribution in [-0.4, -0.2) is 16.1 Å². The van der Waals surface area contributed by atoms with Crippen molar-refractivity contribution in [1.82, 2.24) is 10.2 Å². The lowest BCUT2D eigenvalue weighted by atomic mass is 10.1. The topological polar surface area (TPSA) is 66.9 Å². The number of rotatable bonds is 5. The second kappa shape index (κ2) is 7.48. The molecule has 0 aliphatic heterocycles. The molecule has 25 heavy (non-hydrogen) atoms. The fourth-order valence-electron chi connectivity index (χ4n) is 2.17. The smallest absolute Gasteiger partial charge is 0.229 e. The molecular weight excluding hydrogens is 326 g/mol. The summed E-state index contributed by atoms with van der Waals surface area (Å²) in [7, 11) is 0.